The first-order valence-corrected chi connectivity index (χ1v) is 8.25. The molecular formula is C14H20N2O4S. The quantitative estimate of drug-likeness (QED) is 0.742. The number of carboxylic acids is 1. The Hall–Kier alpha value is -1.50. The Morgan fingerprint density at radius 3 is 3.10 bits per heavy atom. The molecule has 1 aliphatic rings. The molecule has 7 heteroatoms. The number of carboxylic acid groups (broad SMARTS) is 1. The summed E-state index contributed by atoms with van der Waals surface area (Å²) in [5.41, 5.74) is 0.711. The van der Waals surface area contributed by atoms with E-state index in [-0.39, 0.29) is 24.2 Å². The molecule has 1 aliphatic heterocycles. The van der Waals surface area contributed by atoms with Gasteiger partial charge < -0.3 is 14.5 Å². The van der Waals surface area contributed by atoms with Gasteiger partial charge in [-0.05, 0) is 6.42 Å². The summed E-state index contributed by atoms with van der Waals surface area (Å²) in [4.78, 5) is 24.1. The number of unbranched alkanes of at least 4 members (excludes halogenated alkanes) is 2. The van der Waals surface area contributed by atoms with Crippen LogP contribution in [0.5, 0.6) is 0 Å². The van der Waals surface area contributed by atoms with E-state index in [2.05, 4.69) is 12.1 Å². The van der Waals surface area contributed by atoms with E-state index in [0.29, 0.717) is 11.4 Å². The summed E-state index contributed by atoms with van der Waals surface area (Å²) in [6.07, 6.45) is 4.16. The van der Waals surface area contributed by atoms with Crippen LogP contribution in [0.3, 0.4) is 0 Å². The van der Waals surface area contributed by atoms with Crippen LogP contribution >= 0.6 is 11.8 Å². The largest absolute Gasteiger partial charge is 0.481 e. The van der Waals surface area contributed by atoms with Crippen LogP contribution in [-0.2, 0) is 16.0 Å². The Morgan fingerprint density at radius 2 is 2.38 bits per heavy atom. The van der Waals surface area contributed by atoms with E-state index in [4.69, 9.17) is 9.63 Å². The van der Waals surface area contributed by atoms with Crippen LogP contribution in [-0.4, -0.2) is 39.3 Å². The van der Waals surface area contributed by atoms with Crippen molar-refractivity contribution >= 4 is 23.6 Å². The third kappa shape index (κ3) is 4.23. The van der Waals surface area contributed by atoms with Crippen LogP contribution < -0.4 is 0 Å². The summed E-state index contributed by atoms with van der Waals surface area (Å²) in [6.45, 7) is 2.36. The fourth-order valence-electron chi connectivity index (χ4n) is 2.27. The molecule has 1 amide bonds. The molecule has 116 valence electrons. The third-order valence-electron chi connectivity index (χ3n) is 3.39. The summed E-state index contributed by atoms with van der Waals surface area (Å²) in [5.74, 6) is 0.250. The van der Waals surface area contributed by atoms with Gasteiger partial charge in [-0.1, -0.05) is 24.9 Å². The van der Waals surface area contributed by atoms with Crippen LogP contribution in [0.1, 0.15) is 49.4 Å². The van der Waals surface area contributed by atoms with Crippen LogP contribution in [0.4, 0.5) is 0 Å². The van der Waals surface area contributed by atoms with Crippen LogP contribution in [0.2, 0.25) is 0 Å². The second kappa shape index (κ2) is 7.49. The van der Waals surface area contributed by atoms with Gasteiger partial charge in [0.05, 0.1) is 12.2 Å². The first kappa shape index (κ1) is 15.9. The van der Waals surface area contributed by atoms with Crippen LogP contribution in [0.15, 0.2) is 10.6 Å². The average molecular weight is 312 g/mol. The summed E-state index contributed by atoms with van der Waals surface area (Å²) in [5, 5.41) is 12.6. The number of carbonyl (C=O) groups excluding carboxylic acids is 1. The normalized spacial score (nSPS) is 18.4. The Kier molecular flexibility index (Phi) is 5.67. The van der Waals surface area contributed by atoms with Crippen molar-refractivity contribution < 1.29 is 19.2 Å². The zero-order chi connectivity index (χ0) is 15.2. The number of thioether (sulfide) groups is 1. The second-order valence-corrected chi connectivity index (χ2v) is 6.14. The molecule has 1 aromatic heterocycles. The Morgan fingerprint density at radius 1 is 1.57 bits per heavy atom. The molecule has 0 aliphatic carbocycles. The molecule has 1 aromatic rings. The molecule has 6 nitrogen and oxygen atoms in total. The van der Waals surface area contributed by atoms with Gasteiger partial charge in [0.15, 0.2) is 0 Å². The van der Waals surface area contributed by atoms with E-state index < -0.39 is 5.97 Å². The number of aliphatic carboxylic acids is 1. The topological polar surface area (TPSA) is 83.6 Å². The molecule has 1 atom stereocenters. The van der Waals surface area contributed by atoms with Gasteiger partial charge in [0.1, 0.15) is 16.8 Å². The lowest BCUT2D eigenvalue weighted by molar-refractivity contribution is -0.138. The first-order valence-electron chi connectivity index (χ1n) is 7.20. The number of carbonyl (C=O) groups is 2. The van der Waals surface area contributed by atoms with Gasteiger partial charge in [-0.25, -0.2) is 0 Å². The van der Waals surface area contributed by atoms with Crippen molar-refractivity contribution in [3.8, 4) is 0 Å². The summed E-state index contributed by atoms with van der Waals surface area (Å²) >= 11 is 1.47. The number of amides is 1. The van der Waals surface area contributed by atoms with E-state index in [0.717, 1.165) is 31.4 Å². The molecule has 0 aromatic carbocycles. The molecule has 1 fully saturated rings. The highest BCUT2D eigenvalue weighted by molar-refractivity contribution is 8.00. The van der Waals surface area contributed by atoms with E-state index in [9.17, 15) is 9.59 Å². The number of aryl methyl sites for hydroxylation is 1. The van der Waals surface area contributed by atoms with Gasteiger partial charge >= 0.3 is 5.97 Å². The van der Waals surface area contributed by atoms with E-state index >= 15 is 0 Å². The first-order chi connectivity index (χ1) is 10.1. The van der Waals surface area contributed by atoms with Crippen molar-refractivity contribution in [1.29, 1.82) is 0 Å². The average Bonchev–Trinajstić information content (AvgIpc) is 3.03. The number of rotatable bonds is 8. The zero-order valence-corrected chi connectivity index (χ0v) is 12.9. The minimum atomic E-state index is -0.904. The summed E-state index contributed by atoms with van der Waals surface area (Å²) in [7, 11) is 0. The Bertz CT molecular complexity index is 503. The predicted octanol–water partition coefficient (Wildman–Crippen LogP) is 2.46. The van der Waals surface area contributed by atoms with Crippen molar-refractivity contribution in [1.82, 2.24) is 10.1 Å². The van der Waals surface area contributed by atoms with E-state index in [1.54, 1.807) is 4.90 Å². The fraction of sp³-hybridized carbons (Fsp3) is 0.643. The maximum absolute atomic E-state index is 11.8. The van der Waals surface area contributed by atoms with Gasteiger partial charge in [-0.15, -0.1) is 11.8 Å². The molecule has 21 heavy (non-hydrogen) atoms. The van der Waals surface area contributed by atoms with Gasteiger partial charge in [0, 0.05) is 19.0 Å². The predicted molar refractivity (Wildman–Crippen MR) is 78.9 cm³/mol. The second-order valence-electron chi connectivity index (χ2n) is 5.07. The SMILES string of the molecule is CCCCCc1cc(C2SCC(=O)N2CCC(=O)O)no1. The van der Waals surface area contributed by atoms with Crippen molar-refractivity contribution in [3.05, 3.63) is 17.5 Å². The Balaban J connectivity index is 1.98. The lowest BCUT2D eigenvalue weighted by Gasteiger charge is -2.20. The smallest absolute Gasteiger partial charge is 0.305 e. The minimum Gasteiger partial charge on any atom is -0.481 e. The van der Waals surface area contributed by atoms with Gasteiger partial charge in [-0.3, -0.25) is 9.59 Å². The highest BCUT2D eigenvalue weighted by Crippen LogP contribution is 2.38. The van der Waals surface area contributed by atoms with Gasteiger partial charge in [-0.2, -0.15) is 0 Å². The number of nitrogens with zero attached hydrogens (tertiary/aromatic N) is 2. The van der Waals surface area contributed by atoms with Crippen molar-refractivity contribution in [2.75, 3.05) is 12.3 Å². The van der Waals surface area contributed by atoms with Crippen LogP contribution in [0, 0.1) is 0 Å². The van der Waals surface area contributed by atoms with Gasteiger partial charge in [0.25, 0.3) is 0 Å². The maximum atomic E-state index is 11.8. The lowest BCUT2D eigenvalue weighted by atomic mass is 10.1. The fourth-order valence-corrected chi connectivity index (χ4v) is 3.42. The summed E-state index contributed by atoms with van der Waals surface area (Å²) < 4.78 is 5.32. The zero-order valence-electron chi connectivity index (χ0n) is 12.1. The van der Waals surface area contributed by atoms with E-state index in [1.807, 2.05) is 6.07 Å². The van der Waals surface area contributed by atoms with Crippen LogP contribution in [0.25, 0.3) is 0 Å². The number of hydrogen-bond donors (Lipinski definition) is 1. The Labute approximate surface area is 127 Å². The molecule has 2 rings (SSSR count). The molecular weight excluding hydrogens is 292 g/mol. The standard InChI is InChI=1S/C14H20N2O4S/c1-2-3-4-5-10-8-11(15-20-10)14-16(7-6-13(18)19)12(17)9-21-14/h8,14H,2-7,9H2,1H3,(H,18,19). The number of hydrogen-bond acceptors (Lipinski definition) is 5. The highest BCUT2D eigenvalue weighted by atomic mass is 32.2. The molecule has 0 spiro atoms. The van der Waals surface area contributed by atoms with Crippen molar-refractivity contribution in [2.24, 2.45) is 0 Å². The summed E-state index contributed by atoms with van der Waals surface area (Å²) in [6, 6.07) is 1.89. The third-order valence-corrected chi connectivity index (χ3v) is 4.62. The molecule has 0 radical (unpaired) electrons. The molecule has 1 saturated heterocycles. The molecule has 1 N–H and O–H groups in total. The maximum Gasteiger partial charge on any atom is 0.305 e. The molecule has 1 unspecified atom stereocenters. The molecule has 2 heterocycles. The minimum absolute atomic E-state index is 0.0400. The van der Waals surface area contributed by atoms with E-state index in [1.165, 1.54) is 11.8 Å². The van der Waals surface area contributed by atoms with Crippen molar-refractivity contribution in [2.45, 2.75) is 44.4 Å². The number of aromatic nitrogens is 1. The lowest BCUT2D eigenvalue weighted by Crippen LogP contribution is -2.30. The highest BCUT2D eigenvalue weighted by Gasteiger charge is 2.34. The van der Waals surface area contributed by atoms with Crippen molar-refractivity contribution in [3.63, 3.8) is 0 Å². The van der Waals surface area contributed by atoms with Gasteiger partial charge in [0.2, 0.25) is 5.91 Å². The molecule has 0 saturated carbocycles. The molecule has 0 bridgehead atoms. The monoisotopic (exact) mass is 312 g/mol.